The van der Waals surface area contributed by atoms with Gasteiger partial charge in [0.2, 0.25) is 0 Å². The Labute approximate surface area is 191 Å². The van der Waals surface area contributed by atoms with Crippen molar-refractivity contribution in [1.29, 1.82) is 0 Å². The predicted molar refractivity (Wildman–Crippen MR) is 119 cm³/mol. The number of halogens is 1. The minimum Gasteiger partial charge on any atom is -0.449 e. The maximum Gasteiger partial charge on any atom is 0.410 e. The molecule has 0 aliphatic carbocycles. The Morgan fingerprint density at radius 3 is 2.53 bits per heavy atom. The minimum atomic E-state index is -3.88. The Morgan fingerprint density at radius 2 is 1.81 bits per heavy atom. The molecule has 2 aromatic rings. The molecule has 2 aromatic carbocycles. The fourth-order valence-corrected chi connectivity index (χ4v) is 5.79. The molecule has 0 saturated carbocycles. The molecule has 2 heterocycles. The van der Waals surface area contributed by atoms with E-state index in [0.29, 0.717) is 49.5 Å². The number of piperidine rings is 1. The van der Waals surface area contributed by atoms with E-state index in [9.17, 15) is 23.1 Å². The highest BCUT2D eigenvalue weighted by Gasteiger charge is 2.34. The molecule has 0 bridgehead atoms. The van der Waals surface area contributed by atoms with Crippen molar-refractivity contribution in [3.63, 3.8) is 0 Å². The van der Waals surface area contributed by atoms with Gasteiger partial charge in [0.1, 0.15) is 6.10 Å². The summed E-state index contributed by atoms with van der Waals surface area (Å²) in [7, 11) is -3.88. The van der Waals surface area contributed by atoms with Gasteiger partial charge in [-0.05, 0) is 54.3 Å². The van der Waals surface area contributed by atoms with E-state index in [4.69, 9.17) is 16.3 Å². The van der Waals surface area contributed by atoms with Crippen LogP contribution in [0.15, 0.2) is 41.3 Å². The normalized spacial score (nSPS) is 19.1. The number of carbonyl (C=O) groups is 2. The Kier molecular flexibility index (Phi) is 6.60. The lowest BCUT2D eigenvalue weighted by Gasteiger charge is -2.39. The number of hydrogen-bond acceptors (Lipinski definition) is 6. The molecule has 4 rings (SSSR count). The van der Waals surface area contributed by atoms with Crippen molar-refractivity contribution in [2.75, 3.05) is 32.0 Å². The first-order chi connectivity index (χ1) is 15.2. The average molecular weight is 481 g/mol. The van der Waals surface area contributed by atoms with Gasteiger partial charge in [-0.3, -0.25) is 4.79 Å². The van der Waals surface area contributed by atoms with Gasteiger partial charge in [-0.2, -0.15) is 0 Å². The summed E-state index contributed by atoms with van der Waals surface area (Å²) < 4.78 is 30.7. The van der Waals surface area contributed by atoms with Crippen molar-refractivity contribution in [1.82, 2.24) is 9.80 Å². The number of aliphatic hydroxyl groups is 1. The zero-order valence-electron chi connectivity index (χ0n) is 17.4. The van der Waals surface area contributed by atoms with Gasteiger partial charge in [0.05, 0.1) is 17.3 Å². The molecule has 172 valence electrons. The molecule has 2 amide bonds. The molecule has 32 heavy (non-hydrogen) atoms. The molecule has 2 aliphatic heterocycles. The summed E-state index contributed by atoms with van der Waals surface area (Å²) in [5.74, 6) is -1.30. The molecule has 0 radical (unpaired) electrons. The van der Waals surface area contributed by atoms with Gasteiger partial charge in [-0.1, -0.05) is 23.7 Å². The van der Waals surface area contributed by atoms with Gasteiger partial charge < -0.3 is 19.6 Å². The van der Waals surface area contributed by atoms with Crippen LogP contribution >= 0.6 is 11.6 Å². The van der Waals surface area contributed by atoms with Crippen LogP contribution in [0.4, 0.5) is 4.79 Å². The summed E-state index contributed by atoms with van der Waals surface area (Å²) >= 11 is 5.97. The van der Waals surface area contributed by atoms with Gasteiger partial charge in [0.15, 0.2) is 9.84 Å². The van der Waals surface area contributed by atoms with E-state index in [-0.39, 0.29) is 17.0 Å². The standard InChI is InChI=1S/C22H25ClN2O6S/c23-17-4-2-16-13-19(5-3-15(16)12-17)32(29,30)14-20(26)21(27)24-9-6-18(7-10-24)25-8-1-11-31-22(25)28/h2-5,12-13,18,20,26H,1,6-11,14H2/t20-/m1/s1. The van der Waals surface area contributed by atoms with E-state index < -0.39 is 27.6 Å². The topological polar surface area (TPSA) is 104 Å². The number of ether oxygens (including phenoxy) is 1. The number of carbonyl (C=O) groups excluding carboxylic acids is 2. The van der Waals surface area contributed by atoms with E-state index >= 15 is 0 Å². The smallest absolute Gasteiger partial charge is 0.410 e. The monoisotopic (exact) mass is 480 g/mol. The van der Waals surface area contributed by atoms with Gasteiger partial charge in [0.25, 0.3) is 5.91 Å². The number of rotatable bonds is 5. The second-order valence-corrected chi connectivity index (χ2v) is 10.6. The third kappa shape index (κ3) is 4.84. The first-order valence-corrected chi connectivity index (χ1v) is 12.6. The number of fused-ring (bicyclic) bond motifs is 1. The Balaban J connectivity index is 1.38. The number of amides is 2. The zero-order valence-corrected chi connectivity index (χ0v) is 19.0. The van der Waals surface area contributed by atoms with Crippen LogP contribution in [0, 0.1) is 0 Å². The van der Waals surface area contributed by atoms with Crippen molar-refractivity contribution >= 4 is 44.2 Å². The largest absolute Gasteiger partial charge is 0.449 e. The molecule has 8 nitrogen and oxygen atoms in total. The molecular formula is C22H25ClN2O6S. The third-order valence-electron chi connectivity index (χ3n) is 6.02. The second-order valence-electron chi connectivity index (χ2n) is 8.17. The predicted octanol–water partition coefficient (Wildman–Crippen LogP) is 2.46. The van der Waals surface area contributed by atoms with Crippen molar-refractivity contribution in [2.45, 2.75) is 36.3 Å². The number of likely N-dealkylation sites (tertiary alicyclic amines) is 1. The number of cyclic esters (lactones) is 1. The molecule has 2 saturated heterocycles. The van der Waals surface area contributed by atoms with Crippen molar-refractivity contribution < 1.29 is 27.9 Å². The molecule has 0 spiro atoms. The van der Waals surface area contributed by atoms with Crippen LogP contribution < -0.4 is 0 Å². The van der Waals surface area contributed by atoms with E-state index in [1.807, 2.05) is 0 Å². The van der Waals surface area contributed by atoms with E-state index in [2.05, 4.69) is 0 Å². The van der Waals surface area contributed by atoms with Gasteiger partial charge in [0, 0.05) is 30.7 Å². The molecule has 1 N–H and O–H groups in total. The summed E-state index contributed by atoms with van der Waals surface area (Å²) in [5, 5.41) is 12.5. The molecule has 2 fully saturated rings. The average Bonchev–Trinajstić information content (AvgIpc) is 2.78. The molecule has 10 heteroatoms. The Hall–Kier alpha value is -2.36. The minimum absolute atomic E-state index is 0.0150. The summed E-state index contributed by atoms with van der Waals surface area (Å²) in [4.78, 5) is 27.8. The third-order valence-corrected chi connectivity index (χ3v) is 7.98. The van der Waals surface area contributed by atoms with E-state index in [0.717, 1.165) is 11.8 Å². The quantitative estimate of drug-likeness (QED) is 0.705. The van der Waals surface area contributed by atoms with Crippen molar-refractivity contribution in [3.05, 3.63) is 41.4 Å². The van der Waals surface area contributed by atoms with Crippen LogP contribution in [0.5, 0.6) is 0 Å². The number of nitrogens with zero attached hydrogens (tertiary/aromatic N) is 2. The summed E-state index contributed by atoms with van der Waals surface area (Å²) in [6, 6.07) is 9.73. The molecule has 0 unspecified atom stereocenters. The van der Waals surface area contributed by atoms with E-state index in [1.54, 1.807) is 29.2 Å². The molecular weight excluding hydrogens is 456 g/mol. The highest BCUT2D eigenvalue weighted by Crippen LogP contribution is 2.24. The summed E-state index contributed by atoms with van der Waals surface area (Å²) in [5.41, 5.74) is 0. The van der Waals surface area contributed by atoms with Gasteiger partial charge in [-0.25, -0.2) is 13.2 Å². The highest BCUT2D eigenvalue weighted by molar-refractivity contribution is 7.91. The Morgan fingerprint density at radius 1 is 1.12 bits per heavy atom. The maximum atomic E-state index is 12.8. The van der Waals surface area contributed by atoms with Crippen LogP contribution in [0.3, 0.4) is 0 Å². The first-order valence-electron chi connectivity index (χ1n) is 10.6. The highest BCUT2D eigenvalue weighted by atomic mass is 35.5. The molecule has 1 atom stereocenters. The maximum absolute atomic E-state index is 12.8. The Bertz CT molecular complexity index is 1130. The van der Waals surface area contributed by atoms with Crippen molar-refractivity contribution in [2.24, 2.45) is 0 Å². The first kappa shape index (κ1) is 22.8. The summed E-state index contributed by atoms with van der Waals surface area (Å²) in [6.45, 7) is 1.76. The number of benzene rings is 2. The van der Waals surface area contributed by atoms with Crippen LogP contribution in [0.1, 0.15) is 19.3 Å². The van der Waals surface area contributed by atoms with Gasteiger partial charge in [-0.15, -0.1) is 0 Å². The lowest BCUT2D eigenvalue weighted by atomic mass is 10.0. The molecule has 2 aliphatic rings. The lowest BCUT2D eigenvalue weighted by Crippen LogP contribution is -2.52. The second kappa shape index (κ2) is 9.25. The number of aliphatic hydroxyl groups excluding tert-OH is 1. The van der Waals surface area contributed by atoms with Gasteiger partial charge >= 0.3 is 6.09 Å². The van der Waals surface area contributed by atoms with Crippen LogP contribution in [-0.4, -0.2) is 79.5 Å². The van der Waals surface area contributed by atoms with Crippen LogP contribution in [0.25, 0.3) is 10.8 Å². The molecule has 0 aromatic heterocycles. The lowest BCUT2D eigenvalue weighted by molar-refractivity contribution is -0.140. The van der Waals surface area contributed by atoms with E-state index in [1.165, 1.54) is 17.0 Å². The number of hydrogen-bond donors (Lipinski definition) is 1. The van der Waals surface area contributed by atoms with Crippen LogP contribution in [0.2, 0.25) is 5.02 Å². The fraction of sp³-hybridized carbons (Fsp3) is 0.455. The fourth-order valence-electron chi connectivity index (χ4n) is 4.27. The number of sulfone groups is 1. The SMILES string of the molecule is O=C([C@H](O)CS(=O)(=O)c1ccc2cc(Cl)ccc2c1)N1CCC(N2CCCOC2=O)CC1. The van der Waals surface area contributed by atoms with Crippen molar-refractivity contribution in [3.8, 4) is 0 Å². The van der Waals surface area contributed by atoms with Crippen LogP contribution in [-0.2, 0) is 19.4 Å². The zero-order chi connectivity index (χ0) is 22.9. The summed E-state index contributed by atoms with van der Waals surface area (Å²) in [6.07, 6.45) is -0.0769.